The Morgan fingerprint density at radius 1 is 0.926 bits per heavy atom. The summed E-state index contributed by atoms with van der Waals surface area (Å²) >= 11 is 7.48. The van der Waals surface area contributed by atoms with E-state index >= 15 is 0 Å². The van der Waals surface area contributed by atoms with E-state index in [9.17, 15) is 4.79 Å². The molecule has 0 amide bonds. The third kappa shape index (κ3) is 4.07. The predicted molar refractivity (Wildman–Crippen MR) is 109 cm³/mol. The Morgan fingerprint density at radius 3 is 2.37 bits per heavy atom. The standard InChI is InChI=1S/C20H17ClN4OS/c1-14-2-4-15(5-3-14)12-24-20(26)25-18(22-24)10-11-19(23-25)27-13-16-6-8-17(21)9-7-16/h2-11H,12-13H2,1H3. The molecule has 0 aliphatic carbocycles. The van der Waals surface area contributed by atoms with Crippen LogP contribution in [0.1, 0.15) is 16.7 Å². The van der Waals surface area contributed by atoms with Gasteiger partial charge in [0.15, 0.2) is 5.65 Å². The van der Waals surface area contributed by atoms with Crippen LogP contribution in [0.15, 0.2) is 70.5 Å². The van der Waals surface area contributed by atoms with E-state index in [0.717, 1.165) is 26.9 Å². The maximum atomic E-state index is 12.6. The second kappa shape index (κ2) is 7.58. The summed E-state index contributed by atoms with van der Waals surface area (Å²) in [5.41, 5.74) is 3.67. The number of nitrogens with zero attached hydrogens (tertiary/aromatic N) is 4. The molecule has 136 valence electrons. The first-order valence-electron chi connectivity index (χ1n) is 8.48. The van der Waals surface area contributed by atoms with Crippen LogP contribution in [0.25, 0.3) is 5.65 Å². The molecule has 0 aliphatic heterocycles. The van der Waals surface area contributed by atoms with E-state index in [2.05, 4.69) is 10.2 Å². The first-order valence-corrected chi connectivity index (χ1v) is 9.84. The molecule has 2 aromatic carbocycles. The molecule has 0 fully saturated rings. The number of rotatable bonds is 5. The smallest absolute Gasteiger partial charge is 0.244 e. The number of halogens is 1. The third-order valence-corrected chi connectivity index (χ3v) is 5.41. The van der Waals surface area contributed by atoms with E-state index in [1.165, 1.54) is 14.8 Å². The van der Waals surface area contributed by atoms with Gasteiger partial charge in [-0.3, -0.25) is 0 Å². The first-order chi connectivity index (χ1) is 13.1. The Bertz CT molecular complexity index is 1130. The molecule has 0 radical (unpaired) electrons. The molecule has 5 nitrogen and oxygen atoms in total. The number of fused-ring (bicyclic) bond motifs is 1. The molecule has 4 rings (SSSR count). The summed E-state index contributed by atoms with van der Waals surface area (Å²) in [7, 11) is 0. The van der Waals surface area contributed by atoms with E-state index in [-0.39, 0.29) is 5.69 Å². The highest BCUT2D eigenvalue weighted by Gasteiger charge is 2.10. The van der Waals surface area contributed by atoms with Crippen molar-refractivity contribution in [1.29, 1.82) is 0 Å². The summed E-state index contributed by atoms with van der Waals surface area (Å²) in [5, 5.41) is 10.3. The van der Waals surface area contributed by atoms with Gasteiger partial charge in [-0.05, 0) is 42.3 Å². The Hall–Kier alpha value is -2.57. The Labute approximate surface area is 165 Å². The second-order valence-electron chi connectivity index (χ2n) is 6.28. The van der Waals surface area contributed by atoms with Crippen LogP contribution in [-0.4, -0.2) is 19.4 Å². The van der Waals surface area contributed by atoms with Crippen molar-refractivity contribution in [1.82, 2.24) is 19.4 Å². The average molecular weight is 397 g/mol. The van der Waals surface area contributed by atoms with Crippen LogP contribution in [0.5, 0.6) is 0 Å². The molecular weight excluding hydrogens is 380 g/mol. The molecule has 2 aromatic heterocycles. The van der Waals surface area contributed by atoms with Gasteiger partial charge >= 0.3 is 5.69 Å². The maximum Gasteiger partial charge on any atom is 0.367 e. The lowest BCUT2D eigenvalue weighted by atomic mass is 10.1. The highest BCUT2D eigenvalue weighted by atomic mass is 35.5. The minimum atomic E-state index is -0.237. The van der Waals surface area contributed by atoms with E-state index in [4.69, 9.17) is 11.6 Å². The second-order valence-corrected chi connectivity index (χ2v) is 7.71. The lowest BCUT2D eigenvalue weighted by Crippen LogP contribution is -2.23. The number of hydrogen-bond donors (Lipinski definition) is 0. The molecule has 0 N–H and O–H groups in total. The van der Waals surface area contributed by atoms with Crippen LogP contribution in [0.2, 0.25) is 5.02 Å². The van der Waals surface area contributed by atoms with Gasteiger partial charge in [0.05, 0.1) is 6.54 Å². The molecule has 7 heteroatoms. The van der Waals surface area contributed by atoms with Crippen molar-refractivity contribution in [2.75, 3.05) is 0 Å². The molecule has 0 unspecified atom stereocenters. The van der Waals surface area contributed by atoms with Crippen molar-refractivity contribution in [3.05, 3.63) is 92.9 Å². The van der Waals surface area contributed by atoms with Crippen molar-refractivity contribution >= 4 is 29.0 Å². The van der Waals surface area contributed by atoms with Crippen molar-refractivity contribution in [2.24, 2.45) is 0 Å². The van der Waals surface area contributed by atoms with Gasteiger partial charge in [-0.2, -0.15) is 9.61 Å². The highest BCUT2D eigenvalue weighted by Crippen LogP contribution is 2.21. The van der Waals surface area contributed by atoms with E-state index < -0.39 is 0 Å². The number of aromatic nitrogens is 4. The zero-order chi connectivity index (χ0) is 18.8. The zero-order valence-corrected chi connectivity index (χ0v) is 16.2. The van der Waals surface area contributed by atoms with Gasteiger partial charge in [-0.1, -0.05) is 65.3 Å². The van der Waals surface area contributed by atoms with Crippen molar-refractivity contribution in [3.8, 4) is 0 Å². The van der Waals surface area contributed by atoms with Gasteiger partial charge < -0.3 is 0 Å². The third-order valence-electron chi connectivity index (χ3n) is 4.17. The van der Waals surface area contributed by atoms with Crippen LogP contribution in [0, 0.1) is 6.92 Å². The van der Waals surface area contributed by atoms with Gasteiger partial charge in [0.2, 0.25) is 0 Å². The summed E-state index contributed by atoms with van der Waals surface area (Å²) in [6, 6.07) is 19.5. The maximum absolute atomic E-state index is 12.6. The molecule has 0 spiro atoms. The molecule has 27 heavy (non-hydrogen) atoms. The van der Waals surface area contributed by atoms with Crippen LogP contribution >= 0.6 is 23.4 Å². The summed E-state index contributed by atoms with van der Waals surface area (Å²) < 4.78 is 2.80. The molecule has 0 bridgehead atoms. The van der Waals surface area contributed by atoms with Gasteiger partial charge in [-0.15, -0.1) is 5.10 Å². The van der Waals surface area contributed by atoms with Crippen LogP contribution in [0.4, 0.5) is 0 Å². The number of hydrogen-bond acceptors (Lipinski definition) is 4. The van der Waals surface area contributed by atoms with Crippen LogP contribution in [-0.2, 0) is 12.3 Å². The van der Waals surface area contributed by atoms with Gasteiger partial charge in [0.1, 0.15) is 5.03 Å². The molecule has 0 aliphatic rings. The molecule has 4 aromatic rings. The Kier molecular flexibility index (Phi) is 5.01. The van der Waals surface area contributed by atoms with Gasteiger partial charge in [0.25, 0.3) is 0 Å². The minimum absolute atomic E-state index is 0.237. The van der Waals surface area contributed by atoms with Crippen LogP contribution < -0.4 is 5.69 Å². The van der Waals surface area contributed by atoms with E-state index in [0.29, 0.717) is 12.2 Å². The number of aryl methyl sites for hydroxylation is 1. The number of benzene rings is 2. The zero-order valence-electron chi connectivity index (χ0n) is 14.7. The van der Waals surface area contributed by atoms with Crippen molar-refractivity contribution in [2.45, 2.75) is 24.2 Å². The van der Waals surface area contributed by atoms with Crippen LogP contribution in [0.3, 0.4) is 0 Å². The summed E-state index contributed by atoms with van der Waals surface area (Å²) in [6.07, 6.45) is 0. The quantitative estimate of drug-likeness (QED) is 0.474. The van der Waals surface area contributed by atoms with Crippen molar-refractivity contribution in [3.63, 3.8) is 0 Å². The lowest BCUT2D eigenvalue weighted by Gasteiger charge is -2.01. The van der Waals surface area contributed by atoms with Crippen molar-refractivity contribution < 1.29 is 0 Å². The molecule has 0 saturated heterocycles. The fourth-order valence-electron chi connectivity index (χ4n) is 2.68. The van der Waals surface area contributed by atoms with Gasteiger partial charge in [-0.25, -0.2) is 9.48 Å². The SMILES string of the molecule is Cc1ccc(Cn2nc3ccc(SCc4ccc(Cl)cc4)nn3c2=O)cc1. The predicted octanol–water partition coefficient (Wildman–Crippen LogP) is 4.19. The Morgan fingerprint density at radius 2 is 1.63 bits per heavy atom. The topological polar surface area (TPSA) is 52.2 Å². The fourth-order valence-corrected chi connectivity index (χ4v) is 3.61. The van der Waals surface area contributed by atoms with Gasteiger partial charge in [0, 0.05) is 10.8 Å². The molecule has 0 saturated carbocycles. The Balaban J connectivity index is 1.55. The molecular formula is C20H17ClN4OS. The fraction of sp³-hybridized carbons (Fsp3) is 0.150. The summed E-state index contributed by atoms with van der Waals surface area (Å²) in [5.74, 6) is 0.752. The average Bonchev–Trinajstić information content (AvgIpc) is 2.98. The lowest BCUT2D eigenvalue weighted by molar-refractivity contribution is 0.647. The molecule has 0 atom stereocenters. The van der Waals surface area contributed by atoms with E-state index in [1.807, 2.05) is 67.6 Å². The normalized spacial score (nSPS) is 11.2. The summed E-state index contributed by atoms with van der Waals surface area (Å²) in [6.45, 7) is 2.46. The molecule has 2 heterocycles. The minimum Gasteiger partial charge on any atom is -0.244 e. The first kappa shape index (κ1) is 17.8. The van der Waals surface area contributed by atoms with E-state index in [1.54, 1.807) is 11.8 Å². The largest absolute Gasteiger partial charge is 0.367 e. The monoisotopic (exact) mass is 396 g/mol. The summed E-state index contributed by atoms with van der Waals surface area (Å²) in [4.78, 5) is 12.6. The number of thioether (sulfide) groups is 1. The highest BCUT2D eigenvalue weighted by molar-refractivity contribution is 7.98.